The van der Waals surface area contributed by atoms with E-state index < -0.39 is 16.9 Å². The number of esters is 1. The van der Waals surface area contributed by atoms with Gasteiger partial charge >= 0.3 is 5.97 Å². The summed E-state index contributed by atoms with van der Waals surface area (Å²) in [7, 11) is 1.23. The number of nitro benzene ring substituents is 1. The summed E-state index contributed by atoms with van der Waals surface area (Å²) in [5, 5.41) is 11.6. The normalized spacial score (nSPS) is 22.2. The molecule has 0 radical (unpaired) electrons. The van der Waals surface area contributed by atoms with Gasteiger partial charge in [0.15, 0.2) is 5.17 Å². The van der Waals surface area contributed by atoms with E-state index in [1.165, 1.54) is 29.8 Å². The standard InChI is InChI=1S/C17H17N3O5S/c1-4-12-15(21)19-14(10-7-5-6-8-11(10)20(23)24)13(16(22)25-3)9(2)18-17(19)26-12/h5-8,12,14H,4H2,1-3H3/t12-,14-/m0/s1. The summed E-state index contributed by atoms with van der Waals surface area (Å²) in [6, 6.07) is 5.16. The molecule has 0 aromatic heterocycles. The van der Waals surface area contributed by atoms with Crippen molar-refractivity contribution < 1.29 is 19.2 Å². The fourth-order valence-electron chi connectivity index (χ4n) is 3.14. The third kappa shape index (κ3) is 2.78. The second-order valence-electron chi connectivity index (χ2n) is 5.83. The third-order valence-electron chi connectivity index (χ3n) is 4.36. The fraction of sp³-hybridized carbons (Fsp3) is 0.353. The van der Waals surface area contributed by atoms with Crippen LogP contribution in [0.4, 0.5) is 5.69 Å². The highest BCUT2D eigenvalue weighted by atomic mass is 32.2. The molecule has 26 heavy (non-hydrogen) atoms. The summed E-state index contributed by atoms with van der Waals surface area (Å²) in [6.07, 6.45) is 0.592. The minimum atomic E-state index is -0.937. The van der Waals surface area contributed by atoms with Crippen molar-refractivity contribution in [2.45, 2.75) is 31.6 Å². The number of aliphatic imine (C=N–C) groups is 1. The van der Waals surface area contributed by atoms with Crippen molar-refractivity contribution in [1.29, 1.82) is 0 Å². The summed E-state index contributed by atoms with van der Waals surface area (Å²) in [5.41, 5.74) is 0.626. The Morgan fingerprint density at radius 3 is 2.73 bits per heavy atom. The second-order valence-corrected chi connectivity index (χ2v) is 7.00. The Hall–Kier alpha value is -2.68. The van der Waals surface area contributed by atoms with Gasteiger partial charge in [-0.15, -0.1) is 0 Å². The Bertz CT molecular complexity index is 864. The molecule has 0 saturated carbocycles. The molecule has 136 valence electrons. The molecular formula is C17H17N3O5S. The zero-order valence-corrected chi connectivity index (χ0v) is 15.3. The highest BCUT2D eigenvalue weighted by Gasteiger charge is 2.48. The lowest BCUT2D eigenvalue weighted by Crippen LogP contribution is -2.41. The molecule has 0 spiro atoms. The molecule has 1 aromatic rings. The number of para-hydroxylation sites is 1. The predicted octanol–water partition coefficient (Wildman–Crippen LogP) is 2.81. The summed E-state index contributed by atoms with van der Waals surface area (Å²) in [5.74, 6) is -0.875. The molecule has 0 unspecified atom stereocenters. The van der Waals surface area contributed by atoms with Gasteiger partial charge in [-0.25, -0.2) is 9.79 Å². The summed E-state index contributed by atoms with van der Waals surface area (Å²) < 4.78 is 4.87. The Kier molecular flexibility index (Phi) is 4.82. The maximum Gasteiger partial charge on any atom is 0.338 e. The van der Waals surface area contributed by atoms with Gasteiger partial charge in [0.05, 0.1) is 34.1 Å². The number of rotatable bonds is 4. The largest absolute Gasteiger partial charge is 0.466 e. The Balaban J connectivity index is 2.24. The van der Waals surface area contributed by atoms with Crippen molar-refractivity contribution in [2.24, 2.45) is 4.99 Å². The van der Waals surface area contributed by atoms with Crippen LogP contribution in [0.3, 0.4) is 0 Å². The zero-order chi connectivity index (χ0) is 19.0. The number of carbonyl (C=O) groups is 2. The van der Waals surface area contributed by atoms with Gasteiger partial charge in [-0.1, -0.05) is 30.8 Å². The second kappa shape index (κ2) is 6.91. The molecular weight excluding hydrogens is 358 g/mol. The molecule has 1 fully saturated rings. The SMILES string of the molecule is CC[C@@H]1SC2=NC(C)=C(C(=O)OC)[C@H](c3ccccc3[N+](=O)[O-])N2C1=O. The first kappa shape index (κ1) is 18.1. The van der Waals surface area contributed by atoms with E-state index in [2.05, 4.69) is 4.99 Å². The molecule has 0 N–H and O–H groups in total. The Morgan fingerprint density at radius 2 is 2.12 bits per heavy atom. The number of hydrogen-bond acceptors (Lipinski definition) is 7. The van der Waals surface area contributed by atoms with Gasteiger partial charge in [0.25, 0.3) is 5.69 Å². The maximum absolute atomic E-state index is 12.9. The van der Waals surface area contributed by atoms with Gasteiger partial charge in [-0.2, -0.15) is 0 Å². The molecule has 0 bridgehead atoms. The van der Waals surface area contributed by atoms with Crippen LogP contribution >= 0.6 is 11.8 Å². The van der Waals surface area contributed by atoms with Crippen molar-refractivity contribution in [1.82, 2.24) is 4.90 Å². The number of carbonyl (C=O) groups excluding carboxylic acids is 2. The van der Waals surface area contributed by atoms with Crippen molar-refractivity contribution in [3.63, 3.8) is 0 Å². The van der Waals surface area contributed by atoms with Gasteiger partial charge < -0.3 is 4.74 Å². The third-order valence-corrected chi connectivity index (χ3v) is 5.67. The average molecular weight is 375 g/mol. The fourth-order valence-corrected chi connectivity index (χ4v) is 4.27. The minimum Gasteiger partial charge on any atom is -0.466 e. The molecule has 2 atom stereocenters. The molecule has 3 rings (SSSR count). The Labute approximate surface area is 154 Å². The van der Waals surface area contributed by atoms with Crippen LogP contribution in [0, 0.1) is 10.1 Å². The van der Waals surface area contributed by atoms with Gasteiger partial charge in [-0.05, 0) is 19.4 Å². The molecule has 0 aliphatic carbocycles. The van der Waals surface area contributed by atoms with E-state index in [1.807, 2.05) is 6.92 Å². The van der Waals surface area contributed by atoms with E-state index in [0.29, 0.717) is 17.3 Å². The molecule has 2 aliphatic rings. The van der Waals surface area contributed by atoms with E-state index in [-0.39, 0.29) is 28.0 Å². The molecule has 1 amide bonds. The maximum atomic E-state index is 12.9. The van der Waals surface area contributed by atoms with Crippen LogP contribution in [-0.2, 0) is 14.3 Å². The molecule has 9 heteroatoms. The molecule has 8 nitrogen and oxygen atoms in total. The highest BCUT2D eigenvalue weighted by Crippen LogP contribution is 2.45. The minimum absolute atomic E-state index is 0.135. The van der Waals surface area contributed by atoms with Gasteiger partial charge in [0.1, 0.15) is 6.04 Å². The van der Waals surface area contributed by atoms with Crippen molar-refractivity contribution in [2.75, 3.05) is 7.11 Å². The number of hydrogen-bond donors (Lipinski definition) is 0. The smallest absolute Gasteiger partial charge is 0.338 e. The first-order valence-corrected chi connectivity index (χ1v) is 8.89. The monoisotopic (exact) mass is 375 g/mol. The molecule has 2 heterocycles. The van der Waals surface area contributed by atoms with Crippen molar-refractivity contribution in [3.05, 3.63) is 51.2 Å². The van der Waals surface area contributed by atoms with Crippen LogP contribution in [0.15, 0.2) is 40.5 Å². The van der Waals surface area contributed by atoms with E-state index in [0.717, 1.165) is 0 Å². The number of benzene rings is 1. The average Bonchev–Trinajstić information content (AvgIpc) is 2.95. The number of methoxy groups -OCH3 is 1. The highest BCUT2D eigenvalue weighted by molar-refractivity contribution is 8.15. The number of thioether (sulfide) groups is 1. The van der Waals surface area contributed by atoms with E-state index in [1.54, 1.807) is 25.1 Å². The van der Waals surface area contributed by atoms with Crippen molar-refractivity contribution >= 4 is 34.5 Å². The predicted molar refractivity (Wildman–Crippen MR) is 96.5 cm³/mol. The lowest BCUT2D eigenvalue weighted by molar-refractivity contribution is -0.385. The van der Waals surface area contributed by atoms with Gasteiger partial charge in [-0.3, -0.25) is 19.8 Å². The van der Waals surface area contributed by atoms with Crippen LogP contribution in [0.5, 0.6) is 0 Å². The van der Waals surface area contributed by atoms with E-state index in [9.17, 15) is 19.7 Å². The number of allylic oxidation sites excluding steroid dienone is 1. The van der Waals surface area contributed by atoms with Gasteiger partial charge in [0.2, 0.25) is 5.91 Å². The van der Waals surface area contributed by atoms with E-state index >= 15 is 0 Å². The number of amides is 1. The lowest BCUT2D eigenvalue weighted by atomic mass is 9.93. The zero-order valence-electron chi connectivity index (χ0n) is 14.5. The summed E-state index contributed by atoms with van der Waals surface area (Å²) in [4.78, 5) is 42.1. The topological polar surface area (TPSA) is 102 Å². The number of nitro groups is 1. The summed E-state index contributed by atoms with van der Waals surface area (Å²) in [6.45, 7) is 3.53. The Morgan fingerprint density at radius 1 is 1.42 bits per heavy atom. The van der Waals surface area contributed by atoms with Gasteiger partial charge in [0, 0.05) is 6.07 Å². The molecule has 1 aromatic carbocycles. The molecule has 2 aliphatic heterocycles. The quantitative estimate of drug-likeness (QED) is 0.455. The lowest BCUT2D eigenvalue weighted by Gasteiger charge is -2.32. The number of ether oxygens (including phenoxy) is 1. The van der Waals surface area contributed by atoms with Crippen LogP contribution in [0.2, 0.25) is 0 Å². The number of nitrogens with zero attached hydrogens (tertiary/aromatic N) is 3. The summed E-state index contributed by atoms with van der Waals surface area (Å²) >= 11 is 1.31. The molecule has 1 saturated heterocycles. The number of amidine groups is 1. The van der Waals surface area contributed by atoms with E-state index in [4.69, 9.17) is 4.74 Å². The van der Waals surface area contributed by atoms with Crippen LogP contribution in [0.1, 0.15) is 31.9 Å². The first-order chi connectivity index (χ1) is 12.4. The van der Waals surface area contributed by atoms with Crippen LogP contribution in [0.25, 0.3) is 0 Å². The number of fused-ring (bicyclic) bond motifs is 1. The van der Waals surface area contributed by atoms with Crippen molar-refractivity contribution in [3.8, 4) is 0 Å². The van der Waals surface area contributed by atoms with Crippen LogP contribution in [-0.4, -0.2) is 39.2 Å². The first-order valence-electron chi connectivity index (χ1n) is 8.01. The van der Waals surface area contributed by atoms with Crippen LogP contribution < -0.4 is 0 Å².